The molecule has 0 unspecified atom stereocenters. The monoisotopic (exact) mass is 486 g/mol. The van der Waals surface area contributed by atoms with Gasteiger partial charge >= 0.3 is 6.18 Å². The summed E-state index contributed by atoms with van der Waals surface area (Å²) in [5, 5.41) is 14.5. The number of nitrogens with zero attached hydrogens (tertiary/aromatic N) is 4. The van der Waals surface area contributed by atoms with Crippen LogP contribution in [0.1, 0.15) is 29.6 Å². The molecule has 0 aliphatic carbocycles. The van der Waals surface area contributed by atoms with Gasteiger partial charge in [0.1, 0.15) is 11.6 Å². The molecule has 4 aromatic rings. The molecule has 2 aromatic heterocycles. The molecule has 2 atom stereocenters. The van der Waals surface area contributed by atoms with E-state index in [-0.39, 0.29) is 12.2 Å². The van der Waals surface area contributed by atoms with Gasteiger partial charge in [0.15, 0.2) is 16.6 Å². The number of ether oxygens (including phenoxy) is 1. The number of benzene rings is 2. The molecule has 1 aliphatic heterocycles. The number of alkyl halides is 3. The molecule has 5 rings (SSSR count). The summed E-state index contributed by atoms with van der Waals surface area (Å²) in [6.45, 7) is 0.417. The first kappa shape index (κ1) is 22.2. The summed E-state index contributed by atoms with van der Waals surface area (Å²) in [5.74, 6) is 1.30. The molecule has 34 heavy (non-hydrogen) atoms. The fourth-order valence-electron chi connectivity index (χ4n) is 4.22. The Hall–Kier alpha value is -3.60. The second-order valence-corrected chi connectivity index (χ2v) is 8.43. The Morgan fingerprint density at radius 2 is 1.85 bits per heavy atom. The Kier molecular flexibility index (Phi) is 5.64. The Bertz CT molecular complexity index is 1340. The SMILES string of the molecule is COc1ccc([C@@H]2C[C@H](C(F)(F)F)n3ncc(-c4n[nH]c(=S)n4Cc4ccccc4)c3N2)cc1. The highest BCUT2D eigenvalue weighted by Gasteiger charge is 2.47. The molecular formula is C23H21F3N6OS. The standard InChI is InChI=1S/C23H21F3N6OS/c1-33-16-9-7-15(8-10-16)18-11-19(23(24,25)26)32-20(28-18)17(12-27-32)21-29-30-22(34)31(21)13-14-5-3-2-4-6-14/h2-10,12,18-19,28H,11,13H2,1H3,(H,30,34)/t18-,19+/m0/s1. The molecule has 3 heterocycles. The number of H-pyrrole nitrogens is 1. The van der Waals surface area contributed by atoms with Crippen LogP contribution < -0.4 is 10.1 Å². The van der Waals surface area contributed by atoms with Gasteiger partial charge in [0, 0.05) is 6.42 Å². The van der Waals surface area contributed by atoms with E-state index in [2.05, 4.69) is 20.6 Å². The van der Waals surface area contributed by atoms with Gasteiger partial charge in [0.2, 0.25) is 0 Å². The van der Waals surface area contributed by atoms with Crippen molar-refractivity contribution in [1.29, 1.82) is 0 Å². The van der Waals surface area contributed by atoms with Gasteiger partial charge in [-0.05, 0) is 35.5 Å². The lowest BCUT2D eigenvalue weighted by Crippen LogP contribution is -2.35. The molecule has 2 aromatic carbocycles. The summed E-state index contributed by atoms with van der Waals surface area (Å²) in [4.78, 5) is 0. The van der Waals surface area contributed by atoms with Crippen molar-refractivity contribution in [3.8, 4) is 17.1 Å². The van der Waals surface area contributed by atoms with Crippen molar-refractivity contribution in [3.05, 3.63) is 76.7 Å². The van der Waals surface area contributed by atoms with E-state index in [0.29, 0.717) is 28.5 Å². The second-order valence-electron chi connectivity index (χ2n) is 8.04. The van der Waals surface area contributed by atoms with Crippen LogP contribution in [0, 0.1) is 4.77 Å². The predicted octanol–water partition coefficient (Wildman–Crippen LogP) is 5.52. The lowest BCUT2D eigenvalue weighted by atomic mass is 9.96. The second kappa shape index (κ2) is 8.64. The minimum absolute atomic E-state index is 0.194. The Morgan fingerprint density at radius 3 is 2.53 bits per heavy atom. The first-order valence-electron chi connectivity index (χ1n) is 10.6. The van der Waals surface area contributed by atoms with Gasteiger partial charge in [-0.1, -0.05) is 42.5 Å². The van der Waals surface area contributed by atoms with Crippen LogP contribution in [-0.4, -0.2) is 37.8 Å². The summed E-state index contributed by atoms with van der Waals surface area (Å²) in [5.41, 5.74) is 2.15. The van der Waals surface area contributed by atoms with Crippen LogP contribution in [0.15, 0.2) is 60.8 Å². The predicted molar refractivity (Wildman–Crippen MR) is 123 cm³/mol. The van der Waals surface area contributed by atoms with Crippen LogP contribution in [0.2, 0.25) is 0 Å². The molecule has 0 spiro atoms. The van der Waals surface area contributed by atoms with Crippen LogP contribution in [0.4, 0.5) is 19.0 Å². The topological polar surface area (TPSA) is 72.7 Å². The van der Waals surface area contributed by atoms with Crippen molar-refractivity contribution >= 4 is 18.0 Å². The number of aromatic nitrogens is 5. The van der Waals surface area contributed by atoms with Gasteiger partial charge in [-0.25, -0.2) is 4.68 Å². The summed E-state index contributed by atoms with van der Waals surface area (Å²) < 4.78 is 50.5. The number of anilines is 1. The molecule has 0 amide bonds. The Balaban J connectivity index is 1.57. The number of nitrogens with one attached hydrogen (secondary N) is 2. The molecule has 0 fully saturated rings. The fourth-order valence-corrected chi connectivity index (χ4v) is 4.41. The van der Waals surface area contributed by atoms with Crippen molar-refractivity contribution in [3.63, 3.8) is 0 Å². The zero-order valence-electron chi connectivity index (χ0n) is 18.1. The van der Waals surface area contributed by atoms with Crippen molar-refractivity contribution in [1.82, 2.24) is 24.5 Å². The summed E-state index contributed by atoms with van der Waals surface area (Å²) >= 11 is 5.41. The third-order valence-electron chi connectivity index (χ3n) is 5.94. The van der Waals surface area contributed by atoms with Crippen LogP contribution in [-0.2, 0) is 6.54 Å². The molecule has 0 bridgehead atoms. The van der Waals surface area contributed by atoms with Gasteiger partial charge in [-0.2, -0.15) is 23.4 Å². The van der Waals surface area contributed by atoms with Crippen molar-refractivity contribution in [2.75, 3.05) is 12.4 Å². The highest BCUT2D eigenvalue weighted by Crippen LogP contribution is 2.46. The number of hydrogen-bond acceptors (Lipinski definition) is 5. The molecule has 7 nitrogen and oxygen atoms in total. The Morgan fingerprint density at radius 1 is 1.12 bits per heavy atom. The minimum Gasteiger partial charge on any atom is -0.497 e. The van der Waals surface area contributed by atoms with Gasteiger partial charge in [0.05, 0.1) is 31.5 Å². The fraction of sp³-hybridized carbons (Fsp3) is 0.261. The summed E-state index contributed by atoms with van der Waals surface area (Å²) in [6.07, 6.45) is -3.26. The molecule has 11 heteroatoms. The zero-order valence-corrected chi connectivity index (χ0v) is 18.9. The van der Waals surface area contributed by atoms with E-state index in [4.69, 9.17) is 17.0 Å². The highest BCUT2D eigenvalue weighted by molar-refractivity contribution is 7.71. The normalized spacial score (nSPS) is 17.8. The van der Waals surface area contributed by atoms with Crippen molar-refractivity contribution in [2.45, 2.75) is 31.2 Å². The van der Waals surface area contributed by atoms with E-state index in [1.54, 1.807) is 35.9 Å². The molecular weight excluding hydrogens is 465 g/mol. The molecule has 2 N–H and O–H groups in total. The average Bonchev–Trinajstić information content (AvgIpc) is 3.41. The third-order valence-corrected chi connectivity index (χ3v) is 6.25. The van der Waals surface area contributed by atoms with Gasteiger partial charge in [0.25, 0.3) is 0 Å². The molecule has 0 saturated heterocycles. The number of hydrogen-bond donors (Lipinski definition) is 2. The number of fused-ring (bicyclic) bond motifs is 1. The quantitative estimate of drug-likeness (QED) is 0.364. The van der Waals surface area contributed by atoms with Crippen LogP contribution in [0.25, 0.3) is 11.4 Å². The average molecular weight is 487 g/mol. The maximum Gasteiger partial charge on any atom is 0.410 e. The Labute approximate surface area is 198 Å². The zero-order chi connectivity index (χ0) is 23.9. The minimum atomic E-state index is -4.47. The number of methoxy groups -OCH3 is 1. The first-order chi connectivity index (χ1) is 16.3. The number of aromatic amines is 1. The molecule has 0 radical (unpaired) electrons. The van der Waals surface area contributed by atoms with E-state index in [1.165, 1.54) is 6.20 Å². The summed E-state index contributed by atoms with van der Waals surface area (Å²) in [7, 11) is 1.54. The molecule has 176 valence electrons. The van der Waals surface area contributed by atoms with Gasteiger partial charge in [-0.15, -0.1) is 0 Å². The smallest absolute Gasteiger partial charge is 0.410 e. The largest absolute Gasteiger partial charge is 0.497 e. The van der Waals surface area contributed by atoms with E-state index in [1.807, 2.05) is 30.3 Å². The van der Waals surface area contributed by atoms with Crippen LogP contribution >= 0.6 is 12.2 Å². The van der Waals surface area contributed by atoms with Crippen molar-refractivity contribution < 1.29 is 17.9 Å². The van der Waals surface area contributed by atoms with Gasteiger partial charge in [-0.3, -0.25) is 9.67 Å². The molecule has 1 aliphatic rings. The van der Waals surface area contributed by atoms with E-state index in [9.17, 15) is 13.2 Å². The van der Waals surface area contributed by atoms with E-state index in [0.717, 1.165) is 15.8 Å². The lowest BCUT2D eigenvalue weighted by molar-refractivity contribution is -0.173. The number of halogens is 3. The van der Waals surface area contributed by atoms with E-state index < -0.39 is 18.3 Å². The van der Waals surface area contributed by atoms with Crippen LogP contribution in [0.3, 0.4) is 0 Å². The maximum absolute atomic E-state index is 14.1. The molecule has 0 saturated carbocycles. The lowest BCUT2D eigenvalue weighted by Gasteiger charge is -2.34. The van der Waals surface area contributed by atoms with Crippen LogP contribution in [0.5, 0.6) is 5.75 Å². The van der Waals surface area contributed by atoms with E-state index >= 15 is 0 Å². The third kappa shape index (κ3) is 4.07. The first-order valence-corrected chi connectivity index (χ1v) is 11.0. The maximum atomic E-state index is 14.1. The van der Waals surface area contributed by atoms with Gasteiger partial charge < -0.3 is 10.1 Å². The summed E-state index contributed by atoms with van der Waals surface area (Å²) in [6, 6.07) is 14.3. The number of rotatable bonds is 5. The van der Waals surface area contributed by atoms with Crippen molar-refractivity contribution in [2.24, 2.45) is 0 Å². The highest BCUT2D eigenvalue weighted by atomic mass is 32.1.